The molecule has 3 atom stereocenters. The van der Waals surface area contributed by atoms with Crippen molar-refractivity contribution < 1.29 is 18.3 Å². The van der Waals surface area contributed by atoms with E-state index < -0.39 is 21.2 Å². The first kappa shape index (κ1) is 24.0. The van der Waals surface area contributed by atoms with Gasteiger partial charge in [0.25, 0.3) is 0 Å². The third kappa shape index (κ3) is 5.41. The predicted molar refractivity (Wildman–Crippen MR) is 124 cm³/mol. The highest BCUT2D eigenvalue weighted by Gasteiger charge is 2.51. The van der Waals surface area contributed by atoms with Crippen molar-refractivity contribution in [2.45, 2.75) is 30.4 Å². The molecule has 0 saturated heterocycles. The molecule has 1 aliphatic rings. The number of benzene rings is 2. The molecule has 2 N–H and O–H groups in total. The Bertz CT molecular complexity index is 1030. The molecule has 0 bridgehead atoms. The molecule has 2 aromatic carbocycles. The fourth-order valence-electron chi connectivity index (χ4n) is 4.78. The molecule has 3 rings (SSSR count). The molecule has 170 valence electrons. The summed E-state index contributed by atoms with van der Waals surface area (Å²) in [6, 6.07) is 14.8. The Kier molecular flexibility index (Phi) is 7.03. The molecule has 1 fully saturated rings. The summed E-state index contributed by atoms with van der Waals surface area (Å²) in [5.74, 6) is 0.437. The van der Waals surface area contributed by atoms with E-state index in [4.69, 9.17) is 16.3 Å². The molecular weight excluding hydrogens is 436 g/mol. The van der Waals surface area contributed by atoms with Crippen LogP contribution in [0, 0.1) is 5.92 Å². The molecule has 0 radical (unpaired) electrons. The van der Waals surface area contributed by atoms with Crippen molar-refractivity contribution in [1.82, 2.24) is 9.62 Å². The van der Waals surface area contributed by atoms with Gasteiger partial charge in [0.05, 0.1) is 24.5 Å². The summed E-state index contributed by atoms with van der Waals surface area (Å²) >= 11 is 6.25. The summed E-state index contributed by atoms with van der Waals surface area (Å²) in [4.78, 5) is 2.02. The monoisotopic (exact) mass is 466 g/mol. The van der Waals surface area contributed by atoms with Gasteiger partial charge in [-0.2, -0.15) is 0 Å². The average Bonchev–Trinajstić information content (AvgIpc) is 2.69. The Morgan fingerprint density at radius 2 is 1.84 bits per heavy atom. The second kappa shape index (κ2) is 9.08. The van der Waals surface area contributed by atoms with Gasteiger partial charge in [0.1, 0.15) is 5.75 Å². The van der Waals surface area contributed by atoms with E-state index >= 15 is 0 Å². The molecule has 8 heteroatoms. The van der Waals surface area contributed by atoms with Gasteiger partial charge in [0, 0.05) is 17.5 Å². The van der Waals surface area contributed by atoms with Crippen LogP contribution in [-0.4, -0.2) is 52.4 Å². The fraction of sp³-hybridized carbons (Fsp3) is 0.478. The van der Waals surface area contributed by atoms with E-state index in [-0.39, 0.29) is 5.92 Å². The lowest BCUT2D eigenvalue weighted by molar-refractivity contribution is -0.0840. The van der Waals surface area contributed by atoms with Gasteiger partial charge in [-0.15, -0.1) is 0 Å². The summed E-state index contributed by atoms with van der Waals surface area (Å²) in [5.41, 5.74) is -0.399. The Morgan fingerprint density at radius 3 is 2.45 bits per heavy atom. The van der Waals surface area contributed by atoms with Crippen molar-refractivity contribution >= 4 is 21.6 Å². The van der Waals surface area contributed by atoms with Crippen LogP contribution in [0.2, 0.25) is 5.02 Å². The van der Waals surface area contributed by atoms with Crippen molar-refractivity contribution in [3.63, 3.8) is 0 Å². The van der Waals surface area contributed by atoms with Crippen molar-refractivity contribution in [2.24, 2.45) is 5.92 Å². The normalized spacial score (nSPS) is 26.7. The third-order valence-electron chi connectivity index (χ3n) is 6.12. The number of rotatable bonds is 7. The fourth-order valence-corrected chi connectivity index (χ4v) is 5.99. The van der Waals surface area contributed by atoms with Gasteiger partial charge in [-0.25, -0.2) is 13.1 Å². The Labute approximate surface area is 190 Å². The van der Waals surface area contributed by atoms with Gasteiger partial charge >= 0.3 is 0 Å². The van der Waals surface area contributed by atoms with E-state index in [1.54, 1.807) is 13.2 Å². The highest BCUT2D eigenvalue weighted by Crippen LogP contribution is 2.50. The maximum absolute atomic E-state index is 12.4. The molecule has 0 aromatic heterocycles. The number of ether oxygens (including phenoxy) is 1. The molecule has 1 saturated carbocycles. The van der Waals surface area contributed by atoms with Crippen LogP contribution in [0.5, 0.6) is 5.75 Å². The summed E-state index contributed by atoms with van der Waals surface area (Å²) < 4.78 is 33.0. The summed E-state index contributed by atoms with van der Waals surface area (Å²) in [6.45, 7) is 0.585. The largest absolute Gasteiger partial charge is 0.497 e. The van der Waals surface area contributed by atoms with Gasteiger partial charge < -0.3 is 14.7 Å². The third-order valence-corrected chi connectivity index (χ3v) is 7.11. The van der Waals surface area contributed by atoms with Crippen LogP contribution >= 0.6 is 11.6 Å². The number of hydrogen-bond acceptors (Lipinski definition) is 5. The molecule has 31 heavy (non-hydrogen) atoms. The van der Waals surface area contributed by atoms with Crippen LogP contribution in [0.4, 0.5) is 0 Å². The molecule has 0 aliphatic heterocycles. The first-order chi connectivity index (χ1) is 14.5. The van der Waals surface area contributed by atoms with Crippen LogP contribution in [0.3, 0.4) is 0 Å². The maximum Gasteiger partial charge on any atom is 0.209 e. The number of halogens is 1. The van der Waals surface area contributed by atoms with E-state index in [2.05, 4.69) is 4.72 Å². The van der Waals surface area contributed by atoms with Gasteiger partial charge in [-0.3, -0.25) is 0 Å². The molecule has 0 heterocycles. The average molecular weight is 467 g/mol. The minimum absolute atomic E-state index is 0.239. The first-order valence-electron chi connectivity index (χ1n) is 10.2. The standard InChI is InChI=1S/C23H31ClN2O4S/c1-26(2)16-19-15-22(25-31(4,28)29,17-7-5-9-20(24)13-17)11-12-23(19,27)18-8-6-10-21(14-18)30-3/h5-10,13-14,19,25,27H,11-12,15-16H2,1-4H3. The van der Waals surface area contributed by atoms with Gasteiger partial charge in [0.15, 0.2) is 0 Å². The van der Waals surface area contributed by atoms with Crippen molar-refractivity contribution in [3.05, 3.63) is 64.7 Å². The quantitative estimate of drug-likeness (QED) is 0.654. The summed E-state index contributed by atoms with van der Waals surface area (Å²) in [6.07, 6.45) is 2.40. The van der Waals surface area contributed by atoms with Crippen LogP contribution in [0.25, 0.3) is 0 Å². The summed E-state index contributed by atoms with van der Waals surface area (Å²) in [7, 11) is 1.98. The SMILES string of the molecule is COc1cccc(C2(O)CCC(NS(C)(=O)=O)(c3cccc(Cl)c3)CC2CN(C)C)c1. The topological polar surface area (TPSA) is 78.9 Å². The number of methoxy groups -OCH3 is 1. The number of nitrogens with one attached hydrogen (secondary N) is 1. The van der Waals surface area contributed by atoms with Crippen LogP contribution < -0.4 is 9.46 Å². The zero-order chi connectivity index (χ0) is 22.9. The Balaban J connectivity index is 2.10. The van der Waals surface area contributed by atoms with Crippen LogP contribution in [-0.2, 0) is 21.2 Å². The predicted octanol–water partition coefficient (Wildman–Crippen LogP) is 3.34. The van der Waals surface area contributed by atoms with E-state index in [0.29, 0.717) is 36.6 Å². The zero-order valence-electron chi connectivity index (χ0n) is 18.4. The van der Waals surface area contributed by atoms with Crippen molar-refractivity contribution in [1.29, 1.82) is 0 Å². The molecule has 3 unspecified atom stereocenters. The Hall–Kier alpha value is -1.64. The molecule has 6 nitrogen and oxygen atoms in total. The molecule has 2 aromatic rings. The van der Waals surface area contributed by atoms with Gasteiger partial charge in [-0.05, 0) is 68.8 Å². The van der Waals surface area contributed by atoms with Gasteiger partial charge in [-0.1, -0.05) is 35.9 Å². The molecular formula is C23H31ClN2O4S. The minimum atomic E-state index is -3.52. The van der Waals surface area contributed by atoms with E-state index in [1.165, 1.54) is 6.26 Å². The van der Waals surface area contributed by atoms with E-state index in [1.807, 2.05) is 61.5 Å². The van der Waals surface area contributed by atoms with Crippen LogP contribution in [0.1, 0.15) is 30.4 Å². The van der Waals surface area contributed by atoms with Crippen LogP contribution in [0.15, 0.2) is 48.5 Å². The second-order valence-electron chi connectivity index (χ2n) is 8.79. The molecule has 1 aliphatic carbocycles. The molecule has 0 amide bonds. The lowest BCUT2D eigenvalue weighted by atomic mass is 9.63. The first-order valence-corrected chi connectivity index (χ1v) is 12.5. The smallest absolute Gasteiger partial charge is 0.209 e. The van der Waals surface area contributed by atoms with Crippen molar-refractivity contribution in [2.75, 3.05) is 34.0 Å². The number of nitrogens with zero attached hydrogens (tertiary/aromatic N) is 1. The van der Waals surface area contributed by atoms with Crippen molar-refractivity contribution in [3.8, 4) is 5.75 Å². The minimum Gasteiger partial charge on any atom is -0.497 e. The highest BCUT2D eigenvalue weighted by atomic mass is 35.5. The second-order valence-corrected chi connectivity index (χ2v) is 11.0. The summed E-state index contributed by atoms with van der Waals surface area (Å²) in [5, 5.41) is 12.5. The van der Waals surface area contributed by atoms with Gasteiger partial charge in [0.2, 0.25) is 10.0 Å². The lowest BCUT2D eigenvalue weighted by Crippen LogP contribution is -2.56. The highest BCUT2D eigenvalue weighted by molar-refractivity contribution is 7.88. The number of sulfonamides is 1. The van der Waals surface area contributed by atoms with E-state index in [9.17, 15) is 13.5 Å². The molecule has 0 spiro atoms. The number of aliphatic hydroxyl groups is 1. The Morgan fingerprint density at radius 1 is 1.16 bits per heavy atom. The lowest BCUT2D eigenvalue weighted by Gasteiger charge is -2.50. The number of hydrogen-bond donors (Lipinski definition) is 2. The van der Waals surface area contributed by atoms with E-state index in [0.717, 1.165) is 11.1 Å². The zero-order valence-corrected chi connectivity index (χ0v) is 20.0. The maximum atomic E-state index is 12.4.